The summed E-state index contributed by atoms with van der Waals surface area (Å²) in [6.07, 6.45) is 6.54. The molecule has 6 nitrogen and oxygen atoms in total. The second-order valence-corrected chi connectivity index (χ2v) is 10.5. The molecule has 0 aromatic carbocycles. The van der Waals surface area contributed by atoms with Crippen LogP contribution in [0, 0.1) is 45.8 Å². The molecule has 0 amide bonds. The van der Waals surface area contributed by atoms with Crippen LogP contribution >= 0.6 is 0 Å². The first-order valence-corrected chi connectivity index (χ1v) is 11.1. The summed E-state index contributed by atoms with van der Waals surface area (Å²) in [4.78, 5) is 31.7. The van der Waals surface area contributed by atoms with Gasteiger partial charge in [-0.1, -0.05) is 44.0 Å². The van der Waals surface area contributed by atoms with Gasteiger partial charge in [-0.15, -0.1) is 0 Å². The third-order valence-electron chi connectivity index (χ3n) is 9.38. The summed E-state index contributed by atoms with van der Waals surface area (Å²) in [5, 5.41) is 24.9. The van der Waals surface area contributed by atoms with Gasteiger partial charge in [0.25, 0.3) is 0 Å². The van der Waals surface area contributed by atoms with E-state index in [0.717, 1.165) is 36.8 Å². The average molecular weight is 402 g/mol. The fourth-order valence-corrected chi connectivity index (χ4v) is 8.51. The number of carboxylic acid groups (broad SMARTS) is 1. The SMILES string of the molecule is CC(C)C1=CC2CC3(C=O)[C@@H]4CC[C@@H](C)[C@H]4CC2(C2=NOC(CO)C2)[C@]13C(=O)O. The van der Waals surface area contributed by atoms with Crippen molar-refractivity contribution in [2.45, 2.75) is 59.0 Å². The van der Waals surface area contributed by atoms with Crippen LogP contribution in [0.15, 0.2) is 16.8 Å². The number of aldehydes is 1. The number of aliphatic hydroxyl groups is 1. The first-order chi connectivity index (χ1) is 13.8. The monoisotopic (exact) mass is 401 g/mol. The van der Waals surface area contributed by atoms with E-state index in [1.807, 2.05) is 13.8 Å². The third-order valence-corrected chi connectivity index (χ3v) is 9.38. The molecule has 6 heteroatoms. The van der Waals surface area contributed by atoms with E-state index in [-0.39, 0.29) is 24.4 Å². The Labute approximate surface area is 171 Å². The molecule has 29 heavy (non-hydrogen) atoms. The van der Waals surface area contributed by atoms with E-state index in [1.54, 1.807) is 0 Å². The smallest absolute Gasteiger partial charge is 0.315 e. The van der Waals surface area contributed by atoms with Crippen LogP contribution < -0.4 is 0 Å². The van der Waals surface area contributed by atoms with Crippen LogP contribution in [-0.2, 0) is 14.4 Å². The van der Waals surface area contributed by atoms with Crippen LogP contribution in [0.1, 0.15) is 52.9 Å². The van der Waals surface area contributed by atoms with Crippen molar-refractivity contribution in [3.63, 3.8) is 0 Å². The van der Waals surface area contributed by atoms with Crippen molar-refractivity contribution in [3.05, 3.63) is 11.6 Å². The Morgan fingerprint density at radius 1 is 1.38 bits per heavy atom. The van der Waals surface area contributed by atoms with E-state index in [9.17, 15) is 19.8 Å². The highest BCUT2D eigenvalue weighted by Gasteiger charge is 2.85. The van der Waals surface area contributed by atoms with Crippen molar-refractivity contribution >= 4 is 18.0 Å². The molecule has 0 spiro atoms. The van der Waals surface area contributed by atoms with E-state index < -0.39 is 28.3 Å². The van der Waals surface area contributed by atoms with Gasteiger partial charge in [-0.05, 0) is 48.9 Å². The van der Waals surface area contributed by atoms with Crippen LogP contribution in [0.3, 0.4) is 0 Å². The van der Waals surface area contributed by atoms with Gasteiger partial charge in [0.1, 0.15) is 11.7 Å². The molecule has 4 bridgehead atoms. The zero-order valence-corrected chi connectivity index (χ0v) is 17.4. The highest BCUT2D eigenvalue weighted by atomic mass is 16.6. The second-order valence-electron chi connectivity index (χ2n) is 10.5. The minimum atomic E-state index is -1.25. The summed E-state index contributed by atoms with van der Waals surface area (Å²) in [7, 11) is 0. The maximum Gasteiger partial charge on any atom is 0.315 e. The van der Waals surface area contributed by atoms with E-state index in [2.05, 4.69) is 18.2 Å². The molecule has 2 N–H and O–H groups in total. The Morgan fingerprint density at radius 3 is 2.72 bits per heavy atom. The molecule has 3 saturated carbocycles. The first kappa shape index (κ1) is 19.3. The Morgan fingerprint density at radius 2 is 2.14 bits per heavy atom. The van der Waals surface area contributed by atoms with Gasteiger partial charge in [-0.3, -0.25) is 4.79 Å². The van der Waals surface area contributed by atoms with Crippen molar-refractivity contribution in [2.75, 3.05) is 6.61 Å². The summed E-state index contributed by atoms with van der Waals surface area (Å²) < 4.78 is 0. The van der Waals surface area contributed by atoms with Gasteiger partial charge in [0.2, 0.25) is 0 Å². The van der Waals surface area contributed by atoms with Crippen molar-refractivity contribution in [3.8, 4) is 0 Å². The van der Waals surface area contributed by atoms with Crippen molar-refractivity contribution < 1.29 is 24.6 Å². The highest BCUT2D eigenvalue weighted by Crippen LogP contribution is 2.83. The highest BCUT2D eigenvalue weighted by molar-refractivity contribution is 6.03. The quantitative estimate of drug-likeness (QED) is 0.545. The molecule has 1 aliphatic heterocycles. The van der Waals surface area contributed by atoms with Gasteiger partial charge < -0.3 is 19.8 Å². The Balaban J connectivity index is 1.79. The number of nitrogens with zero attached hydrogens (tertiary/aromatic N) is 1. The lowest BCUT2D eigenvalue weighted by Gasteiger charge is -2.58. The number of hydrogen-bond acceptors (Lipinski definition) is 5. The molecular weight excluding hydrogens is 370 g/mol. The molecular formula is C23H31NO5. The van der Waals surface area contributed by atoms with Crippen LogP contribution in [0.4, 0.5) is 0 Å². The summed E-state index contributed by atoms with van der Waals surface area (Å²) in [6, 6.07) is 0. The van der Waals surface area contributed by atoms with E-state index >= 15 is 0 Å². The zero-order valence-electron chi connectivity index (χ0n) is 17.4. The predicted octanol–water partition coefficient (Wildman–Crippen LogP) is 3.05. The van der Waals surface area contributed by atoms with Crippen LogP contribution in [0.25, 0.3) is 0 Å². The summed E-state index contributed by atoms with van der Waals surface area (Å²) in [5.41, 5.74) is -1.19. The molecule has 4 unspecified atom stereocenters. The van der Waals surface area contributed by atoms with Crippen molar-refractivity contribution in [1.29, 1.82) is 0 Å². The van der Waals surface area contributed by atoms with Gasteiger partial charge in [-0.25, -0.2) is 0 Å². The molecule has 0 aromatic heterocycles. The molecule has 1 heterocycles. The number of allylic oxidation sites excluding steroid dienone is 1. The van der Waals surface area contributed by atoms with Crippen LogP contribution in [0.5, 0.6) is 0 Å². The largest absolute Gasteiger partial charge is 0.481 e. The molecule has 8 atom stereocenters. The summed E-state index contributed by atoms with van der Waals surface area (Å²) in [6.45, 7) is 6.19. The number of carboxylic acids is 1. The second kappa shape index (κ2) is 5.93. The zero-order chi connectivity index (χ0) is 20.8. The molecule has 158 valence electrons. The number of oxime groups is 1. The molecule has 0 aromatic rings. The number of aliphatic carboxylic acids is 1. The molecule has 0 radical (unpaired) electrons. The minimum absolute atomic E-state index is 0.0150. The van der Waals surface area contributed by atoms with Crippen molar-refractivity contribution in [1.82, 2.24) is 0 Å². The Kier molecular flexibility index (Phi) is 3.94. The normalized spacial score (nSPS) is 49.6. The van der Waals surface area contributed by atoms with Gasteiger partial charge in [-0.2, -0.15) is 0 Å². The summed E-state index contributed by atoms with van der Waals surface area (Å²) in [5.74, 6) is 0.0663. The lowest BCUT2D eigenvalue weighted by atomic mass is 9.41. The third kappa shape index (κ3) is 1.86. The summed E-state index contributed by atoms with van der Waals surface area (Å²) >= 11 is 0. The standard InChI is InChI=1S/C23H31NO5/c1-12(2)18-6-14-8-21(11-26)17-5-4-13(3)16(17)9-22(14,23(18,21)20(27)28)19-7-15(10-25)29-24-19/h6,11-17,25H,4-5,7-10H2,1-3H3,(H,27,28)/t13-,14?,15?,16-,17-,21?,22?,23+/m1/s1. The number of hydrogen-bond donors (Lipinski definition) is 2. The van der Waals surface area contributed by atoms with Gasteiger partial charge >= 0.3 is 5.97 Å². The maximum atomic E-state index is 13.3. The minimum Gasteiger partial charge on any atom is -0.481 e. The van der Waals surface area contributed by atoms with Crippen molar-refractivity contribution in [2.24, 2.45) is 51.0 Å². The maximum absolute atomic E-state index is 13.3. The van der Waals surface area contributed by atoms with Crippen LogP contribution in [-0.4, -0.2) is 40.9 Å². The molecule has 5 aliphatic rings. The number of fused-ring (bicyclic) bond motifs is 2. The number of aliphatic hydroxyl groups excluding tert-OH is 1. The number of carbonyl (C=O) groups is 2. The molecule has 0 saturated heterocycles. The molecule has 3 fully saturated rings. The number of carbonyl (C=O) groups excluding carboxylic acids is 1. The van der Waals surface area contributed by atoms with Gasteiger partial charge in [0.15, 0.2) is 6.10 Å². The van der Waals surface area contributed by atoms with Gasteiger partial charge in [0.05, 0.1) is 17.7 Å². The fraction of sp³-hybridized carbons (Fsp3) is 0.783. The lowest BCUT2D eigenvalue weighted by molar-refractivity contribution is -0.173. The van der Waals surface area contributed by atoms with E-state index in [1.165, 1.54) is 0 Å². The van der Waals surface area contributed by atoms with E-state index in [0.29, 0.717) is 24.7 Å². The number of rotatable bonds is 5. The predicted molar refractivity (Wildman–Crippen MR) is 106 cm³/mol. The fourth-order valence-electron chi connectivity index (χ4n) is 8.51. The first-order valence-electron chi connectivity index (χ1n) is 11.1. The Hall–Kier alpha value is -1.69. The van der Waals surface area contributed by atoms with Gasteiger partial charge in [0, 0.05) is 11.8 Å². The molecule has 5 rings (SSSR count). The topological polar surface area (TPSA) is 96.2 Å². The average Bonchev–Trinajstić information content (AvgIpc) is 3.41. The molecule has 4 aliphatic carbocycles. The van der Waals surface area contributed by atoms with Crippen LogP contribution in [0.2, 0.25) is 0 Å². The Bertz CT molecular complexity index is 833. The lowest BCUT2D eigenvalue weighted by Crippen LogP contribution is -2.64. The van der Waals surface area contributed by atoms with E-state index in [4.69, 9.17) is 4.84 Å².